The second-order valence-electron chi connectivity index (χ2n) is 1.71. The zero-order valence-corrected chi connectivity index (χ0v) is 7.43. The van der Waals surface area contributed by atoms with Gasteiger partial charge in [0.2, 0.25) is 0 Å². The maximum absolute atomic E-state index is 11.4. The molecule has 0 saturated heterocycles. The lowest BCUT2D eigenvalue weighted by atomic mass is 11.6. The number of nitrogens with zero attached hydrogens (tertiary/aromatic N) is 1. The van der Waals surface area contributed by atoms with Crippen LogP contribution in [0.5, 0.6) is 0 Å². The highest BCUT2D eigenvalue weighted by molar-refractivity contribution is 7.98. The molecule has 4 nitrogen and oxygen atoms in total. The predicted octanol–water partition coefficient (Wildman–Crippen LogP) is 1.63. The second kappa shape index (κ2) is 3.66. The fourth-order valence-electron chi connectivity index (χ4n) is 0.177. The van der Waals surface area contributed by atoms with Crippen LogP contribution in [0.25, 0.3) is 0 Å². The van der Waals surface area contributed by atoms with Crippen molar-refractivity contribution in [1.82, 2.24) is 0 Å². The van der Waals surface area contributed by atoms with E-state index in [1.165, 1.54) is 3.77 Å². The highest BCUT2D eigenvalue weighted by Crippen LogP contribution is 2.28. The normalized spacial score (nSPS) is 17.1. The summed E-state index contributed by atoms with van der Waals surface area (Å²) < 4.78 is 97.6. The Morgan fingerprint density at radius 3 is 1.64 bits per heavy atom. The van der Waals surface area contributed by atoms with Crippen LogP contribution in [0.4, 0.5) is 26.3 Å². The molecule has 0 aliphatic heterocycles. The Morgan fingerprint density at radius 2 is 1.43 bits per heavy atom. The van der Waals surface area contributed by atoms with Gasteiger partial charge in [0, 0.05) is 0 Å². The van der Waals surface area contributed by atoms with E-state index < -0.39 is 32.0 Å². The summed E-state index contributed by atoms with van der Waals surface area (Å²) >= 11 is 0. The Morgan fingerprint density at radius 1 is 1.07 bits per heavy atom. The second-order valence-corrected chi connectivity index (χ2v) is 4.71. The van der Waals surface area contributed by atoms with Crippen LogP contribution in [0.1, 0.15) is 0 Å². The Balaban J connectivity index is 5.23. The number of hydrogen-bond donors (Lipinski definition) is 1. The lowest BCUT2D eigenvalue weighted by Gasteiger charge is -2.06. The molecule has 12 heteroatoms. The average molecular weight is 265 g/mol. The minimum atomic E-state index is -6.31. The van der Waals surface area contributed by atoms with Gasteiger partial charge in [0.25, 0.3) is 0 Å². The lowest BCUT2D eigenvalue weighted by molar-refractivity contribution is -0.0444. The summed E-state index contributed by atoms with van der Waals surface area (Å²) in [5.41, 5.74) is -11.5. The molecule has 0 aliphatic carbocycles. The van der Waals surface area contributed by atoms with Crippen molar-refractivity contribution in [3.05, 3.63) is 0 Å². The van der Waals surface area contributed by atoms with Crippen molar-refractivity contribution in [2.75, 3.05) is 0 Å². The zero-order chi connectivity index (χ0) is 11.8. The molecule has 0 aromatic carbocycles. The number of sulfonamides is 1. The van der Waals surface area contributed by atoms with Crippen molar-refractivity contribution < 1.29 is 39.3 Å². The summed E-state index contributed by atoms with van der Waals surface area (Å²) in [7, 11) is -10.5. The van der Waals surface area contributed by atoms with E-state index >= 15 is 0 Å². The van der Waals surface area contributed by atoms with Crippen LogP contribution >= 0.6 is 0 Å². The number of alkyl halides is 6. The van der Waals surface area contributed by atoms with Crippen molar-refractivity contribution in [3.8, 4) is 0 Å². The van der Waals surface area contributed by atoms with Crippen LogP contribution in [0, 0.1) is 0 Å². The lowest BCUT2D eigenvalue weighted by Crippen LogP contribution is -2.24. The summed E-state index contributed by atoms with van der Waals surface area (Å²) in [5.74, 6) is 0. The third kappa shape index (κ3) is 3.42. The first-order valence-corrected chi connectivity index (χ1v) is 5.00. The van der Waals surface area contributed by atoms with Crippen molar-refractivity contribution in [3.63, 3.8) is 0 Å². The highest BCUT2D eigenvalue weighted by atomic mass is 32.3. The highest BCUT2D eigenvalue weighted by Gasteiger charge is 2.48. The number of hydrogen-bond acceptors (Lipinski definition) is 2. The molecule has 0 heterocycles. The first kappa shape index (κ1) is 13.6. The third-order valence-electron chi connectivity index (χ3n) is 0.668. The van der Waals surface area contributed by atoms with Gasteiger partial charge in [-0.1, -0.05) is 3.77 Å². The van der Waals surface area contributed by atoms with Crippen LogP contribution in [0.3, 0.4) is 0 Å². The largest absolute Gasteiger partial charge is 0.519 e. The summed E-state index contributed by atoms with van der Waals surface area (Å²) in [6.45, 7) is 0. The van der Waals surface area contributed by atoms with E-state index in [0.29, 0.717) is 0 Å². The predicted molar refractivity (Wildman–Crippen MR) is 33.5 cm³/mol. The van der Waals surface area contributed by atoms with Gasteiger partial charge >= 0.3 is 21.0 Å². The van der Waals surface area contributed by atoms with Gasteiger partial charge in [-0.05, 0) is 0 Å². The van der Waals surface area contributed by atoms with Crippen molar-refractivity contribution in [2.24, 2.45) is 3.77 Å². The van der Waals surface area contributed by atoms with Crippen LogP contribution in [-0.2, 0) is 21.0 Å². The van der Waals surface area contributed by atoms with Crippen molar-refractivity contribution in [2.45, 2.75) is 11.0 Å². The van der Waals surface area contributed by atoms with Gasteiger partial charge in [0.05, 0.1) is 0 Å². The summed E-state index contributed by atoms with van der Waals surface area (Å²) in [6.07, 6.45) is 0. The molecular formula is C2HF6NO3S2. The van der Waals surface area contributed by atoms with E-state index in [1.807, 2.05) is 0 Å². The molecule has 0 fully saturated rings. The maximum atomic E-state index is 11.4. The molecule has 0 spiro atoms. The molecule has 1 atom stereocenters. The van der Waals surface area contributed by atoms with Gasteiger partial charge in [-0.15, -0.1) is 0 Å². The summed E-state index contributed by atoms with van der Waals surface area (Å²) in [4.78, 5) is 0. The topological polar surface area (TPSA) is 66.7 Å². The summed E-state index contributed by atoms with van der Waals surface area (Å²) in [5, 5.41) is 0. The Bertz CT molecular complexity index is 337. The fraction of sp³-hybridized carbons (Fsp3) is 1.00. The van der Waals surface area contributed by atoms with Gasteiger partial charge in [-0.3, -0.25) is 0 Å². The van der Waals surface area contributed by atoms with Gasteiger partial charge in [0.15, 0.2) is 11.0 Å². The summed E-state index contributed by atoms with van der Waals surface area (Å²) in [6, 6.07) is 0. The molecule has 14 heavy (non-hydrogen) atoms. The Kier molecular flexibility index (Phi) is 3.56. The fourth-order valence-corrected chi connectivity index (χ4v) is 1.60. The minimum absolute atomic E-state index is 1.26. The van der Waals surface area contributed by atoms with Crippen LogP contribution < -0.4 is 0 Å². The monoisotopic (exact) mass is 265 g/mol. The van der Waals surface area contributed by atoms with Gasteiger partial charge in [0.1, 0.15) is 0 Å². The molecule has 1 unspecified atom stereocenters. The molecule has 0 rings (SSSR count). The molecule has 86 valence electrons. The zero-order valence-electron chi connectivity index (χ0n) is 5.80. The van der Waals surface area contributed by atoms with Gasteiger partial charge < -0.3 is 4.55 Å². The molecule has 0 amide bonds. The van der Waals surface area contributed by atoms with E-state index in [1.54, 1.807) is 0 Å². The molecule has 1 N–H and O–H groups in total. The van der Waals surface area contributed by atoms with Crippen molar-refractivity contribution in [1.29, 1.82) is 0 Å². The molecule has 0 aromatic rings. The molecule has 0 saturated carbocycles. The average Bonchev–Trinajstić information content (AvgIpc) is 1.80. The molecule has 0 aliphatic rings. The molecular weight excluding hydrogens is 264 g/mol. The number of halogens is 6. The first-order chi connectivity index (χ1) is 5.88. The Hall–Kier alpha value is -0.360. The first-order valence-electron chi connectivity index (χ1n) is 2.42. The Labute approximate surface area is 75.9 Å². The maximum Gasteiger partial charge on any atom is 0.519 e. The van der Waals surface area contributed by atoms with E-state index in [2.05, 4.69) is 0 Å². The van der Waals surface area contributed by atoms with Gasteiger partial charge in [-0.2, -0.15) is 34.8 Å². The van der Waals surface area contributed by atoms with Crippen LogP contribution in [0.15, 0.2) is 3.77 Å². The third-order valence-corrected chi connectivity index (χ3v) is 3.02. The van der Waals surface area contributed by atoms with Crippen molar-refractivity contribution >= 4 is 21.0 Å². The molecule has 0 aromatic heterocycles. The van der Waals surface area contributed by atoms with Crippen LogP contribution in [-0.4, -0.2) is 24.0 Å². The van der Waals surface area contributed by atoms with Crippen LogP contribution in [0.2, 0.25) is 0 Å². The van der Waals surface area contributed by atoms with E-state index in [9.17, 15) is 34.8 Å². The van der Waals surface area contributed by atoms with E-state index in [0.717, 1.165) is 0 Å². The van der Waals surface area contributed by atoms with E-state index in [-0.39, 0.29) is 0 Å². The molecule has 0 bridgehead atoms. The molecule has 0 radical (unpaired) electrons. The SMILES string of the molecule is O=S(=O)(N=S(O)C(F)(F)F)C(F)(F)F. The van der Waals surface area contributed by atoms with E-state index in [4.69, 9.17) is 4.55 Å². The van der Waals surface area contributed by atoms with Gasteiger partial charge in [-0.25, -0.2) is 0 Å². The minimum Gasteiger partial charge on any atom is -0.314 e. The smallest absolute Gasteiger partial charge is 0.314 e. The number of rotatable bonds is 1. The standard InChI is InChI=1S/C2HF6NO3S2/c3-1(4,5)13(10)9-14(11,12)2(6,7)8/h(H,9,10). The quantitative estimate of drug-likeness (QED) is 0.733.